The van der Waals surface area contributed by atoms with Gasteiger partial charge in [0.25, 0.3) is 11.5 Å². The first-order valence-corrected chi connectivity index (χ1v) is 6.41. The van der Waals surface area contributed by atoms with Gasteiger partial charge in [0.2, 0.25) is 0 Å². The lowest BCUT2D eigenvalue weighted by Gasteiger charge is -2.06. The van der Waals surface area contributed by atoms with Gasteiger partial charge in [-0.15, -0.1) is 0 Å². The molecule has 0 radical (unpaired) electrons. The second-order valence-electron chi connectivity index (χ2n) is 4.44. The molecule has 6 heteroatoms. The average Bonchev–Trinajstić information content (AvgIpc) is 2.55. The van der Waals surface area contributed by atoms with Crippen molar-refractivity contribution in [2.24, 2.45) is 0 Å². The van der Waals surface area contributed by atoms with E-state index < -0.39 is 0 Å². The van der Waals surface area contributed by atoms with Gasteiger partial charge in [-0.3, -0.25) is 14.6 Å². The summed E-state index contributed by atoms with van der Waals surface area (Å²) in [6, 6.07) is 12.3. The number of H-pyrrole nitrogens is 1. The molecule has 0 saturated carbocycles. The van der Waals surface area contributed by atoms with Gasteiger partial charge in [0.1, 0.15) is 5.69 Å². The fraction of sp³-hybridized carbons (Fsp3) is 0.0667. The molecule has 2 N–H and O–H groups in total. The van der Waals surface area contributed by atoms with Gasteiger partial charge in [0.15, 0.2) is 0 Å². The molecule has 1 amide bonds. The number of benzene rings is 1. The molecule has 3 rings (SSSR count). The van der Waals surface area contributed by atoms with Crippen LogP contribution in [-0.2, 0) is 6.54 Å². The Balaban J connectivity index is 1.85. The number of rotatable bonds is 3. The summed E-state index contributed by atoms with van der Waals surface area (Å²) in [4.78, 5) is 27.6. The maximum atomic E-state index is 11.9. The Morgan fingerprint density at radius 2 is 1.86 bits per heavy atom. The molecule has 0 bridgehead atoms. The maximum Gasteiger partial charge on any atom is 0.272 e. The van der Waals surface area contributed by atoms with Crippen LogP contribution in [0.5, 0.6) is 0 Å². The van der Waals surface area contributed by atoms with Crippen LogP contribution in [0.4, 0.5) is 0 Å². The minimum atomic E-state index is -0.285. The lowest BCUT2D eigenvalue weighted by molar-refractivity contribution is 0.0945. The summed E-state index contributed by atoms with van der Waals surface area (Å²) in [5.41, 5.74) is 0.700. The Labute approximate surface area is 119 Å². The van der Waals surface area contributed by atoms with Crippen molar-refractivity contribution >= 4 is 16.7 Å². The van der Waals surface area contributed by atoms with E-state index in [1.54, 1.807) is 42.6 Å². The second kappa shape index (κ2) is 5.54. The van der Waals surface area contributed by atoms with Gasteiger partial charge in [-0.05, 0) is 18.2 Å². The molecule has 21 heavy (non-hydrogen) atoms. The number of fused-ring (bicyclic) bond motifs is 1. The largest absolute Gasteiger partial charge is 0.345 e. The highest BCUT2D eigenvalue weighted by Crippen LogP contribution is 2.12. The number of aromatic nitrogens is 3. The molecule has 0 aliphatic carbocycles. The molecular weight excluding hydrogens is 268 g/mol. The summed E-state index contributed by atoms with van der Waals surface area (Å²) in [7, 11) is 0. The summed E-state index contributed by atoms with van der Waals surface area (Å²) in [6.45, 7) is 0.215. The summed E-state index contributed by atoms with van der Waals surface area (Å²) < 4.78 is 0. The van der Waals surface area contributed by atoms with Crippen LogP contribution in [0.2, 0.25) is 0 Å². The second-order valence-corrected chi connectivity index (χ2v) is 4.44. The van der Waals surface area contributed by atoms with E-state index in [0.29, 0.717) is 16.8 Å². The Morgan fingerprint density at radius 1 is 1.10 bits per heavy atom. The van der Waals surface area contributed by atoms with Crippen molar-refractivity contribution in [1.82, 2.24) is 20.5 Å². The van der Waals surface area contributed by atoms with Gasteiger partial charge >= 0.3 is 0 Å². The fourth-order valence-corrected chi connectivity index (χ4v) is 2.06. The Bertz CT molecular complexity index is 843. The first-order chi connectivity index (χ1) is 10.3. The van der Waals surface area contributed by atoms with E-state index in [0.717, 1.165) is 5.39 Å². The van der Waals surface area contributed by atoms with E-state index in [1.807, 2.05) is 6.07 Å². The molecule has 0 fully saturated rings. The highest BCUT2D eigenvalue weighted by Gasteiger charge is 2.09. The summed E-state index contributed by atoms with van der Waals surface area (Å²) in [5, 5.41) is 10.4. The molecule has 0 unspecified atom stereocenters. The van der Waals surface area contributed by atoms with Gasteiger partial charge in [0, 0.05) is 11.6 Å². The van der Waals surface area contributed by atoms with Gasteiger partial charge < -0.3 is 5.32 Å². The monoisotopic (exact) mass is 280 g/mol. The molecule has 6 nitrogen and oxygen atoms in total. The van der Waals surface area contributed by atoms with Crippen LogP contribution in [0.3, 0.4) is 0 Å². The predicted octanol–water partition coefficient (Wildman–Crippen LogP) is 1.25. The van der Waals surface area contributed by atoms with Crippen LogP contribution in [0, 0.1) is 0 Å². The molecular formula is C15H12N4O2. The zero-order valence-corrected chi connectivity index (χ0v) is 11.0. The Kier molecular flexibility index (Phi) is 3.42. The first-order valence-electron chi connectivity index (χ1n) is 6.41. The van der Waals surface area contributed by atoms with Crippen molar-refractivity contribution in [3.05, 3.63) is 70.4 Å². The van der Waals surface area contributed by atoms with Gasteiger partial charge in [-0.2, -0.15) is 5.10 Å². The Hall–Kier alpha value is -3.02. The quantitative estimate of drug-likeness (QED) is 0.755. The van der Waals surface area contributed by atoms with Crippen LogP contribution in [0.25, 0.3) is 10.8 Å². The third-order valence-electron chi connectivity index (χ3n) is 3.09. The van der Waals surface area contributed by atoms with E-state index in [1.165, 1.54) is 0 Å². The van der Waals surface area contributed by atoms with Gasteiger partial charge in [0.05, 0.1) is 17.6 Å². The van der Waals surface area contributed by atoms with Gasteiger partial charge in [-0.1, -0.05) is 24.3 Å². The van der Waals surface area contributed by atoms with Gasteiger partial charge in [-0.25, -0.2) is 5.10 Å². The zero-order valence-electron chi connectivity index (χ0n) is 11.0. The predicted molar refractivity (Wildman–Crippen MR) is 77.8 cm³/mol. The number of carbonyl (C=O) groups excluding carboxylic acids is 1. The molecule has 104 valence electrons. The minimum Gasteiger partial charge on any atom is -0.345 e. The SMILES string of the molecule is O=C(NCc1n[nH]c(=O)c2ccccc12)c1ccccn1. The van der Waals surface area contributed by atoms with Crippen molar-refractivity contribution in [1.29, 1.82) is 0 Å². The van der Waals surface area contributed by atoms with Crippen LogP contribution < -0.4 is 10.9 Å². The molecule has 0 aliphatic heterocycles. The van der Waals surface area contributed by atoms with E-state index in [2.05, 4.69) is 20.5 Å². The van der Waals surface area contributed by atoms with Crippen LogP contribution in [0.1, 0.15) is 16.2 Å². The number of carbonyl (C=O) groups is 1. The summed E-state index contributed by atoms with van der Waals surface area (Å²) in [5.74, 6) is -0.285. The van der Waals surface area contributed by atoms with Crippen LogP contribution in [0.15, 0.2) is 53.5 Å². The Morgan fingerprint density at radius 3 is 2.62 bits per heavy atom. The molecule has 3 aromatic rings. The van der Waals surface area contributed by atoms with Crippen molar-refractivity contribution < 1.29 is 4.79 Å². The standard InChI is InChI=1S/C15H12N4O2/c20-14-11-6-2-1-5-10(11)13(18-19-14)9-17-15(21)12-7-3-4-8-16-12/h1-8H,9H2,(H,17,21)(H,19,20). The number of hydrogen-bond donors (Lipinski definition) is 2. The van der Waals surface area contributed by atoms with Crippen molar-refractivity contribution in [2.75, 3.05) is 0 Å². The zero-order chi connectivity index (χ0) is 14.7. The minimum absolute atomic E-state index is 0.215. The molecule has 0 saturated heterocycles. The first kappa shape index (κ1) is 13.0. The van der Waals surface area contributed by atoms with Crippen molar-refractivity contribution in [2.45, 2.75) is 6.54 Å². The lowest BCUT2D eigenvalue weighted by atomic mass is 10.1. The summed E-state index contributed by atoms with van der Waals surface area (Å²) >= 11 is 0. The molecule has 0 aliphatic rings. The average molecular weight is 280 g/mol. The number of hydrogen-bond acceptors (Lipinski definition) is 4. The third kappa shape index (κ3) is 2.64. The molecule has 0 atom stereocenters. The summed E-state index contributed by atoms with van der Waals surface area (Å²) in [6.07, 6.45) is 1.56. The van der Waals surface area contributed by atoms with Crippen LogP contribution in [-0.4, -0.2) is 21.1 Å². The number of nitrogens with one attached hydrogen (secondary N) is 2. The topological polar surface area (TPSA) is 87.7 Å². The molecule has 0 spiro atoms. The maximum absolute atomic E-state index is 11.9. The number of amides is 1. The van der Waals surface area contributed by atoms with E-state index in [-0.39, 0.29) is 18.0 Å². The fourth-order valence-electron chi connectivity index (χ4n) is 2.06. The van der Waals surface area contributed by atoms with E-state index in [4.69, 9.17) is 0 Å². The number of nitrogens with zero attached hydrogens (tertiary/aromatic N) is 2. The highest BCUT2D eigenvalue weighted by atomic mass is 16.2. The van der Waals surface area contributed by atoms with E-state index in [9.17, 15) is 9.59 Å². The lowest BCUT2D eigenvalue weighted by Crippen LogP contribution is -2.25. The number of aromatic amines is 1. The third-order valence-corrected chi connectivity index (χ3v) is 3.09. The van der Waals surface area contributed by atoms with Crippen LogP contribution >= 0.6 is 0 Å². The smallest absolute Gasteiger partial charge is 0.272 e. The molecule has 1 aromatic carbocycles. The van der Waals surface area contributed by atoms with Crippen molar-refractivity contribution in [3.63, 3.8) is 0 Å². The van der Waals surface area contributed by atoms with E-state index >= 15 is 0 Å². The number of pyridine rings is 1. The highest BCUT2D eigenvalue weighted by molar-refractivity contribution is 5.92. The molecule has 2 aromatic heterocycles. The molecule has 2 heterocycles. The normalized spacial score (nSPS) is 10.5. The van der Waals surface area contributed by atoms with Crippen molar-refractivity contribution in [3.8, 4) is 0 Å².